The van der Waals surface area contributed by atoms with Crippen molar-refractivity contribution in [1.29, 1.82) is 0 Å². The monoisotopic (exact) mass is 299 g/mol. The number of imide groups is 1. The average Bonchev–Trinajstić information content (AvgIpc) is 3.08. The van der Waals surface area contributed by atoms with E-state index in [1.54, 1.807) is 0 Å². The Kier molecular flexibility index (Phi) is 2.43. The number of benzene rings is 1. The van der Waals surface area contributed by atoms with Crippen LogP contribution in [0.5, 0.6) is 0 Å². The lowest BCUT2D eigenvalue weighted by molar-refractivity contribution is -0.126. The van der Waals surface area contributed by atoms with Gasteiger partial charge in [-0.3, -0.25) is 9.59 Å². The standard InChI is InChI=1S/C16H13NO5/c1-16-7-6-10(22-16)11-12(16)14(19)17(13(11)18)9-4-2-8(3-5-9)15(20)21/h2-7,10-12H,1H3,(H,20,21)/t10-,11-,12+,16-/m0/s1. The zero-order chi connectivity index (χ0) is 15.6. The molecule has 6 heteroatoms. The number of hydrogen-bond donors (Lipinski definition) is 1. The molecule has 4 atom stereocenters. The fourth-order valence-electron chi connectivity index (χ4n) is 3.66. The molecule has 2 fully saturated rings. The minimum Gasteiger partial charge on any atom is -0.478 e. The van der Waals surface area contributed by atoms with Crippen molar-refractivity contribution >= 4 is 23.5 Å². The molecule has 3 heterocycles. The second-order valence-corrected chi connectivity index (χ2v) is 5.99. The smallest absolute Gasteiger partial charge is 0.335 e. The van der Waals surface area contributed by atoms with Gasteiger partial charge >= 0.3 is 5.97 Å². The molecule has 4 rings (SSSR count). The van der Waals surface area contributed by atoms with Gasteiger partial charge in [-0.15, -0.1) is 0 Å². The predicted molar refractivity (Wildman–Crippen MR) is 75.3 cm³/mol. The van der Waals surface area contributed by atoms with Crippen molar-refractivity contribution in [1.82, 2.24) is 0 Å². The summed E-state index contributed by atoms with van der Waals surface area (Å²) in [6, 6.07) is 5.74. The van der Waals surface area contributed by atoms with Gasteiger partial charge in [-0.25, -0.2) is 9.69 Å². The zero-order valence-electron chi connectivity index (χ0n) is 11.7. The predicted octanol–water partition coefficient (Wildman–Crippen LogP) is 1.22. The van der Waals surface area contributed by atoms with Crippen molar-refractivity contribution in [2.45, 2.75) is 18.6 Å². The van der Waals surface area contributed by atoms with Gasteiger partial charge in [-0.2, -0.15) is 0 Å². The van der Waals surface area contributed by atoms with E-state index in [9.17, 15) is 14.4 Å². The molecule has 0 radical (unpaired) electrons. The van der Waals surface area contributed by atoms with E-state index in [1.165, 1.54) is 24.3 Å². The van der Waals surface area contributed by atoms with Crippen LogP contribution < -0.4 is 4.90 Å². The number of amides is 2. The molecular weight excluding hydrogens is 286 g/mol. The van der Waals surface area contributed by atoms with Gasteiger partial charge in [-0.1, -0.05) is 12.2 Å². The Hall–Kier alpha value is -2.47. The third-order valence-corrected chi connectivity index (χ3v) is 4.70. The van der Waals surface area contributed by atoms with Crippen LogP contribution in [0.25, 0.3) is 0 Å². The summed E-state index contributed by atoms with van der Waals surface area (Å²) >= 11 is 0. The number of anilines is 1. The van der Waals surface area contributed by atoms with E-state index in [1.807, 2.05) is 19.1 Å². The summed E-state index contributed by atoms with van der Waals surface area (Å²) in [4.78, 5) is 37.4. The molecule has 2 bridgehead atoms. The van der Waals surface area contributed by atoms with Crippen molar-refractivity contribution < 1.29 is 24.2 Å². The highest BCUT2D eigenvalue weighted by Gasteiger charge is 2.65. The first-order valence-corrected chi connectivity index (χ1v) is 7.01. The molecule has 1 aromatic rings. The Morgan fingerprint density at radius 2 is 1.91 bits per heavy atom. The van der Waals surface area contributed by atoms with Gasteiger partial charge in [0.25, 0.3) is 0 Å². The molecule has 2 saturated heterocycles. The minimum atomic E-state index is -1.05. The van der Waals surface area contributed by atoms with Crippen LogP contribution in [0.4, 0.5) is 5.69 Å². The van der Waals surface area contributed by atoms with Crippen LogP contribution in [0.15, 0.2) is 36.4 Å². The summed E-state index contributed by atoms with van der Waals surface area (Å²) in [5, 5.41) is 8.92. The van der Waals surface area contributed by atoms with E-state index in [4.69, 9.17) is 9.84 Å². The average molecular weight is 299 g/mol. The zero-order valence-corrected chi connectivity index (χ0v) is 11.7. The number of hydrogen-bond acceptors (Lipinski definition) is 4. The Morgan fingerprint density at radius 1 is 1.23 bits per heavy atom. The van der Waals surface area contributed by atoms with Crippen LogP contribution in [0, 0.1) is 11.8 Å². The first-order chi connectivity index (χ1) is 10.4. The molecule has 3 aliphatic rings. The van der Waals surface area contributed by atoms with Crippen molar-refractivity contribution in [2.24, 2.45) is 11.8 Å². The lowest BCUT2D eigenvalue weighted by Crippen LogP contribution is -2.38. The van der Waals surface area contributed by atoms with E-state index in [0.29, 0.717) is 5.69 Å². The van der Waals surface area contributed by atoms with Crippen molar-refractivity contribution in [3.05, 3.63) is 42.0 Å². The van der Waals surface area contributed by atoms with Crippen LogP contribution in [0.1, 0.15) is 17.3 Å². The highest BCUT2D eigenvalue weighted by atomic mass is 16.5. The molecule has 1 aromatic carbocycles. The maximum absolute atomic E-state index is 12.7. The second kappa shape index (κ2) is 4.04. The maximum atomic E-state index is 12.7. The second-order valence-electron chi connectivity index (χ2n) is 5.99. The highest BCUT2D eigenvalue weighted by molar-refractivity contribution is 6.23. The quantitative estimate of drug-likeness (QED) is 0.655. The lowest BCUT2D eigenvalue weighted by Gasteiger charge is -2.24. The Morgan fingerprint density at radius 3 is 2.50 bits per heavy atom. The van der Waals surface area contributed by atoms with Gasteiger partial charge < -0.3 is 9.84 Å². The lowest BCUT2D eigenvalue weighted by atomic mass is 9.78. The molecule has 2 amide bonds. The Balaban J connectivity index is 1.71. The molecule has 0 unspecified atom stereocenters. The van der Waals surface area contributed by atoms with E-state index in [-0.39, 0.29) is 23.5 Å². The van der Waals surface area contributed by atoms with E-state index in [2.05, 4.69) is 0 Å². The van der Waals surface area contributed by atoms with Gasteiger partial charge in [0.15, 0.2) is 0 Å². The first-order valence-electron chi connectivity index (χ1n) is 7.01. The number of aromatic carboxylic acids is 1. The van der Waals surface area contributed by atoms with E-state index in [0.717, 1.165) is 4.90 Å². The third kappa shape index (κ3) is 1.50. The number of ether oxygens (including phenoxy) is 1. The largest absolute Gasteiger partial charge is 0.478 e. The van der Waals surface area contributed by atoms with E-state index >= 15 is 0 Å². The molecular formula is C16H13NO5. The van der Waals surface area contributed by atoms with E-state index < -0.39 is 23.4 Å². The number of rotatable bonds is 2. The summed E-state index contributed by atoms with van der Waals surface area (Å²) in [6.45, 7) is 1.82. The van der Waals surface area contributed by atoms with Gasteiger partial charge in [0.2, 0.25) is 11.8 Å². The molecule has 0 aliphatic carbocycles. The molecule has 1 N–H and O–H groups in total. The fourth-order valence-corrected chi connectivity index (χ4v) is 3.66. The number of carbonyl (C=O) groups excluding carboxylic acids is 2. The van der Waals surface area contributed by atoms with Crippen molar-refractivity contribution in [3.8, 4) is 0 Å². The van der Waals surface area contributed by atoms with Crippen LogP contribution in [-0.2, 0) is 14.3 Å². The molecule has 112 valence electrons. The summed E-state index contributed by atoms with van der Waals surface area (Å²) in [6.07, 6.45) is 3.33. The third-order valence-electron chi connectivity index (χ3n) is 4.70. The molecule has 0 spiro atoms. The maximum Gasteiger partial charge on any atom is 0.335 e. The van der Waals surface area contributed by atoms with Gasteiger partial charge in [0.1, 0.15) is 0 Å². The molecule has 0 aromatic heterocycles. The number of nitrogens with zero attached hydrogens (tertiary/aromatic N) is 1. The van der Waals surface area contributed by atoms with Crippen LogP contribution in [-0.4, -0.2) is 34.6 Å². The SMILES string of the molecule is C[C@@]12C=C[C@H](O1)[C@@H]1C(=O)N(c3ccc(C(=O)O)cc3)C(=O)[C@@H]12. The number of carbonyl (C=O) groups is 3. The van der Waals surface area contributed by atoms with Crippen LogP contribution in [0.2, 0.25) is 0 Å². The number of carboxylic acids is 1. The first kappa shape index (κ1) is 13.2. The van der Waals surface area contributed by atoms with Gasteiger partial charge in [-0.05, 0) is 31.2 Å². The van der Waals surface area contributed by atoms with Crippen molar-refractivity contribution in [3.63, 3.8) is 0 Å². The molecule has 3 aliphatic heterocycles. The summed E-state index contributed by atoms with van der Waals surface area (Å²) < 4.78 is 5.75. The Bertz CT molecular complexity index is 737. The molecule has 22 heavy (non-hydrogen) atoms. The minimum absolute atomic E-state index is 0.111. The van der Waals surface area contributed by atoms with Crippen molar-refractivity contribution in [2.75, 3.05) is 4.90 Å². The number of fused-ring (bicyclic) bond motifs is 5. The molecule has 6 nitrogen and oxygen atoms in total. The van der Waals surface area contributed by atoms with Crippen LogP contribution in [0.3, 0.4) is 0 Å². The molecule has 0 saturated carbocycles. The highest BCUT2D eigenvalue weighted by Crippen LogP contribution is 2.52. The fraction of sp³-hybridized carbons (Fsp3) is 0.312. The van der Waals surface area contributed by atoms with Gasteiger partial charge in [0.05, 0.1) is 34.8 Å². The summed E-state index contributed by atoms with van der Waals surface area (Å²) in [7, 11) is 0. The van der Waals surface area contributed by atoms with Gasteiger partial charge in [0, 0.05) is 0 Å². The summed E-state index contributed by atoms with van der Waals surface area (Å²) in [5.41, 5.74) is -0.213. The Labute approximate surface area is 126 Å². The van der Waals surface area contributed by atoms with Crippen LogP contribution >= 0.6 is 0 Å². The normalized spacial score (nSPS) is 35.3. The topological polar surface area (TPSA) is 83.9 Å². The summed E-state index contributed by atoms with van der Waals surface area (Å²) in [5.74, 6) is -2.61. The number of carboxylic acid groups (broad SMARTS) is 1.